The molecule has 0 saturated heterocycles. The van der Waals surface area contributed by atoms with Gasteiger partial charge in [0.1, 0.15) is 35.4 Å². The first-order valence-electron chi connectivity index (χ1n) is 23.3. The molecule has 2 aromatic heterocycles. The molecule has 0 N–H and O–H groups in total. The Morgan fingerprint density at radius 3 is 1.25 bits per heavy atom. The van der Waals surface area contributed by atoms with E-state index in [4.69, 9.17) is 9.97 Å². The highest BCUT2D eigenvalue weighted by atomic mass is 19.1. The normalized spacial score (nSPS) is 17.6. The van der Waals surface area contributed by atoms with Gasteiger partial charge in [0.05, 0.1) is 33.9 Å². The van der Waals surface area contributed by atoms with Crippen LogP contribution in [0, 0.1) is 11.6 Å². The molecule has 4 aliphatic rings. The minimum absolute atomic E-state index is 0.209. The number of Topliss-reactive ketones (excluding diaryl/α,β-unsaturated/α-hetero) is 1. The van der Waals surface area contributed by atoms with E-state index in [0.717, 1.165) is 35.4 Å². The van der Waals surface area contributed by atoms with Gasteiger partial charge >= 0.3 is 0 Å². The van der Waals surface area contributed by atoms with E-state index in [1.165, 1.54) is 34.4 Å². The SMILES string of the molecule is O=C(C1=C(N2CCc3ccccc3C2)C(c2ccccc2)N(c2ccccc2F)c2ncccc21)C1=C(N2CCc3ccccc3C2)C(c2ccccc2)N(c2ccccc2F)c2ncccc21. The molecule has 6 heterocycles. The molecule has 0 saturated carbocycles. The number of fused-ring (bicyclic) bond motifs is 4. The van der Waals surface area contributed by atoms with Crippen LogP contribution < -0.4 is 9.80 Å². The van der Waals surface area contributed by atoms with E-state index in [0.29, 0.717) is 71.5 Å². The molecule has 0 bridgehead atoms. The lowest BCUT2D eigenvalue weighted by molar-refractivity contribution is -0.109. The summed E-state index contributed by atoms with van der Waals surface area (Å²) in [6.07, 6.45) is 4.94. The van der Waals surface area contributed by atoms with E-state index >= 15 is 13.6 Å². The average Bonchev–Trinajstić information content (AvgIpc) is 3.40. The van der Waals surface area contributed by atoms with Gasteiger partial charge in [-0.15, -0.1) is 0 Å². The third kappa shape index (κ3) is 6.96. The maximum atomic E-state index is 17.2. The number of halogens is 2. The fourth-order valence-electron chi connectivity index (χ4n) is 11.0. The number of benzene rings is 6. The summed E-state index contributed by atoms with van der Waals surface area (Å²) in [4.78, 5) is 36.0. The summed E-state index contributed by atoms with van der Waals surface area (Å²) < 4.78 is 33.2. The van der Waals surface area contributed by atoms with E-state index in [2.05, 4.69) is 82.6 Å². The predicted molar refractivity (Wildman–Crippen MR) is 264 cm³/mol. The van der Waals surface area contributed by atoms with Crippen LogP contribution in [0.15, 0.2) is 206 Å². The largest absolute Gasteiger partial charge is 0.368 e. The van der Waals surface area contributed by atoms with Gasteiger partial charge in [-0.3, -0.25) is 4.79 Å². The molecule has 0 radical (unpaired) electrons. The zero-order valence-electron chi connectivity index (χ0n) is 37.2. The average molecular weight is 893 g/mol. The molecular weight excluding hydrogens is 847 g/mol. The summed E-state index contributed by atoms with van der Waals surface area (Å²) in [7, 11) is 0. The first-order chi connectivity index (χ1) is 33.5. The lowest BCUT2D eigenvalue weighted by atomic mass is 9.79. The molecule has 0 aliphatic carbocycles. The van der Waals surface area contributed by atoms with Crippen molar-refractivity contribution in [2.24, 2.45) is 0 Å². The van der Waals surface area contributed by atoms with E-state index in [9.17, 15) is 0 Å². The highest BCUT2D eigenvalue weighted by Gasteiger charge is 2.47. The molecule has 332 valence electrons. The summed E-state index contributed by atoms with van der Waals surface area (Å²) in [6, 6.07) is 57.0. The zero-order chi connectivity index (χ0) is 45.7. The van der Waals surface area contributed by atoms with Crippen LogP contribution in [0.25, 0.3) is 11.1 Å². The number of para-hydroxylation sites is 2. The van der Waals surface area contributed by atoms with Crippen molar-refractivity contribution in [2.45, 2.75) is 38.0 Å². The van der Waals surface area contributed by atoms with Gasteiger partial charge in [-0.1, -0.05) is 133 Å². The van der Waals surface area contributed by atoms with Gasteiger partial charge in [0.25, 0.3) is 0 Å². The Balaban J connectivity index is 1.20. The van der Waals surface area contributed by atoms with Crippen molar-refractivity contribution in [1.29, 1.82) is 0 Å². The smallest absolute Gasteiger partial charge is 0.198 e. The lowest BCUT2D eigenvalue weighted by Gasteiger charge is -2.47. The first kappa shape index (κ1) is 41.3. The number of anilines is 4. The number of carbonyl (C=O) groups is 1. The number of carbonyl (C=O) groups excluding carboxylic acids is 1. The summed E-state index contributed by atoms with van der Waals surface area (Å²) in [5, 5.41) is 0. The number of nitrogens with zero attached hydrogens (tertiary/aromatic N) is 6. The number of rotatable bonds is 8. The summed E-state index contributed by atoms with van der Waals surface area (Å²) >= 11 is 0. The van der Waals surface area contributed by atoms with Crippen molar-refractivity contribution in [3.05, 3.63) is 262 Å². The predicted octanol–water partition coefficient (Wildman–Crippen LogP) is 12.3. The molecule has 0 fully saturated rings. The number of allylic oxidation sites excluding steroid dienone is 2. The number of pyridine rings is 2. The fourth-order valence-corrected chi connectivity index (χ4v) is 11.0. The van der Waals surface area contributed by atoms with Crippen molar-refractivity contribution in [3.8, 4) is 0 Å². The second-order valence-corrected chi connectivity index (χ2v) is 17.7. The van der Waals surface area contributed by atoms with E-state index in [1.54, 1.807) is 36.7 Å². The fraction of sp³-hybridized carbons (Fsp3) is 0.136. The summed E-state index contributed by atoms with van der Waals surface area (Å²) in [5.41, 5.74) is 11.0. The van der Waals surface area contributed by atoms with Gasteiger partial charge in [-0.25, -0.2) is 18.7 Å². The molecule has 7 nitrogen and oxygen atoms in total. The number of hydrogen-bond acceptors (Lipinski definition) is 7. The third-order valence-corrected chi connectivity index (χ3v) is 14.0. The second kappa shape index (κ2) is 17.2. The monoisotopic (exact) mass is 892 g/mol. The van der Waals surface area contributed by atoms with Gasteiger partial charge in [0, 0.05) is 49.7 Å². The number of aromatic nitrogens is 2. The Bertz CT molecular complexity index is 3080. The lowest BCUT2D eigenvalue weighted by Crippen LogP contribution is -2.43. The maximum Gasteiger partial charge on any atom is 0.198 e. The van der Waals surface area contributed by atoms with Crippen LogP contribution in [-0.2, 0) is 30.7 Å². The highest BCUT2D eigenvalue weighted by Crippen LogP contribution is 2.55. The molecule has 0 spiro atoms. The van der Waals surface area contributed by atoms with Gasteiger partial charge in [-0.05, 0) is 94.8 Å². The molecular formula is C59H46F2N6O. The maximum absolute atomic E-state index is 17.2. The molecule has 2 unspecified atom stereocenters. The van der Waals surface area contributed by atoms with Crippen LogP contribution in [0.5, 0.6) is 0 Å². The Morgan fingerprint density at radius 2 is 0.824 bits per heavy atom. The molecule has 2 atom stereocenters. The van der Waals surface area contributed by atoms with Gasteiger partial charge in [0.2, 0.25) is 0 Å². The highest BCUT2D eigenvalue weighted by molar-refractivity contribution is 6.45. The minimum Gasteiger partial charge on any atom is -0.368 e. The molecule has 0 amide bonds. The standard InChI is InChI=1S/C59H46F2N6O/c60-47-27-11-13-29-49(47)66-53(41-19-3-1-4-20-41)55(64-35-31-39-17-7-9-23-43(39)37-64)51(45-25-15-33-62-58(45)66)57(68)52-46-26-16-34-63-59(46)67(50-30-14-12-28-48(50)61)54(42-21-5-2-6-22-42)56(52)65-36-32-40-18-8-10-24-44(40)38-65/h1-30,33-34,53-54H,31-32,35-38H2. The minimum atomic E-state index is -0.678. The second-order valence-electron chi connectivity index (χ2n) is 17.7. The zero-order valence-corrected chi connectivity index (χ0v) is 37.2. The van der Waals surface area contributed by atoms with Gasteiger partial charge < -0.3 is 19.6 Å². The molecule has 68 heavy (non-hydrogen) atoms. The van der Waals surface area contributed by atoms with Crippen LogP contribution in [0.2, 0.25) is 0 Å². The molecule has 12 rings (SSSR count). The number of hydrogen-bond donors (Lipinski definition) is 0. The van der Waals surface area contributed by atoms with Crippen LogP contribution in [0.4, 0.5) is 31.8 Å². The molecule has 8 aromatic rings. The van der Waals surface area contributed by atoms with E-state index in [1.807, 2.05) is 82.6 Å². The van der Waals surface area contributed by atoms with Crippen molar-refractivity contribution >= 4 is 39.9 Å². The van der Waals surface area contributed by atoms with Gasteiger partial charge in [0.15, 0.2) is 5.78 Å². The summed E-state index contributed by atoms with van der Waals surface area (Å²) in [5.74, 6) is -0.0615. The molecule has 6 aromatic carbocycles. The van der Waals surface area contributed by atoms with E-state index in [-0.39, 0.29) is 5.78 Å². The Labute approximate surface area is 394 Å². The topological polar surface area (TPSA) is 55.8 Å². The quantitative estimate of drug-likeness (QED) is 0.151. The van der Waals surface area contributed by atoms with Crippen LogP contribution in [0.3, 0.4) is 0 Å². The Kier molecular flexibility index (Phi) is 10.5. The van der Waals surface area contributed by atoms with E-state index < -0.39 is 23.7 Å². The van der Waals surface area contributed by atoms with Crippen molar-refractivity contribution in [3.63, 3.8) is 0 Å². The van der Waals surface area contributed by atoms with Crippen molar-refractivity contribution in [2.75, 3.05) is 22.9 Å². The number of ketones is 1. The Morgan fingerprint density at radius 1 is 0.441 bits per heavy atom. The van der Waals surface area contributed by atoms with Gasteiger partial charge in [-0.2, -0.15) is 0 Å². The van der Waals surface area contributed by atoms with Crippen LogP contribution >= 0.6 is 0 Å². The summed E-state index contributed by atoms with van der Waals surface area (Å²) in [6.45, 7) is 2.31. The van der Waals surface area contributed by atoms with Crippen molar-refractivity contribution in [1.82, 2.24) is 19.8 Å². The van der Waals surface area contributed by atoms with Crippen LogP contribution in [-0.4, -0.2) is 38.6 Å². The first-order valence-corrected chi connectivity index (χ1v) is 23.3. The van der Waals surface area contributed by atoms with Crippen LogP contribution in [0.1, 0.15) is 56.6 Å². The third-order valence-electron chi connectivity index (χ3n) is 14.0. The molecule has 9 heteroatoms. The Hall–Kier alpha value is -8.17. The molecule has 4 aliphatic heterocycles. The van der Waals surface area contributed by atoms with Crippen molar-refractivity contribution < 1.29 is 13.6 Å².